The van der Waals surface area contributed by atoms with Gasteiger partial charge in [-0.2, -0.15) is 4.31 Å². The molecule has 164 valence electrons. The molecule has 1 aliphatic rings. The lowest BCUT2D eigenvalue weighted by Crippen LogP contribution is -2.41. The first-order valence-corrected chi connectivity index (χ1v) is 14.5. The minimum Gasteiger partial charge on any atom is -0.302 e. The van der Waals surface area contributed by atoms with Gasteiger partial charge in [-0.1, -0.05) is 11.3 Å². The number of rotatable bonds is 6. The Hall–Kier alpha value is -1.59. The third-order valence-corrected chi connectivity index (χ3v) is 9.66. The number of hydrogen-bond acceptors (Lipinski definition) is 7. The van der Waals surface area contributed by atoms with Crippen LogP contribution in [0.3, 0.4) is 0 Å². The Balaban J connectivity index is 1.38. The number of thiazole rings is 1. The number of thioether (sulfide) groups is 2. The van der Waals surface area contributed by atoms with Crippen molar-refractivity contribution in [2.45, 2.75) is 27.5 Å². The number of carbonyl (C=O) groups excluding carboxylic acids is 1. The van der Waals surface area contributed by atoms with Crippen LogP contribution in [-0.2, 0) is 14.8 Å². The summed E-state index contributed by atoms with van der Waals surface area (Å²) in [5.41, 5.74) is 0.867. The molecule has 1 saturated heterocycles. The first-order chi connectivity index (χ1) is 14.9. The Morgan fingerprint density at radius 1 is 1.06 bits per heavy atom. The molecule has 0 atom stereocenters. The van der Waals surface area contributed by atoms with E-state index in [0.29, 0.717) is 36.0 Å². The molecule has 0 unspecified atom stereocenters. The van der Waals surface area contributed by atoms with Gasteiger partial charge in [-0.15, -0.1) is 23.5 Å². The van der Waals surface area contributed by atoms with E-state index in [0.717, 1.165) is 20.0 Å². The molecule has 2 heterocycles. The van der Waals surface area contributed by atoms with E-state index in [1.54, 1.807) is 35.7 Å². The van der Waals surface area contributed by atoms with E-state index in [1.165, 1.54) is 15.6 Å². The van der Waals surface area contributed by atoms with Crippen LogP contribution in [0.1, 0.15) is 12.8 Å². The molecule has 1 amide bonds. The molecule has 4 rings (SSSR count). The number of nitrogens with zero attached hydrogens (tertiary/aromatic N) is 2. The molecule has 10 heteroatoms. The van der Waals surface area contributed by atoms with Crippen LogP contribution in [0.2, 0.25) is 0 Å². The standard InChI is InChI=1S/C21H23N3O3S4/c1-28-15-3-6-17(7-4-15)31(26,27)24-11-9-14(10-12-24)20(25)23-21-22-18-8-5-16(29-2)13-19(18)30-21/h3-8,13-14H,9-12H2,1-2H3,(H,22,23,25). The number of fused-ring (bicyclic) bond motifs is 1. The molecule has 1 aliphatic heterocycles. The second-order valence-electron chi connectivity index (χ2n) is 7.20. The van der Waals surface area contributed by atoms with E-state index in [4.69, 9.17) is 0 Å². The quantitative estimate of drug-likeness (QED) is 0.498. The fraction of sp³-hybridized carbons (Fsp3) is 0.333. The van der Waals surface area contributed by atoms with Crippen molar-refractivity contribution in [1.82, 2.24) is 9.29 Å². The summed E-state index contributed by atoms with van der Waals surface area (Å²) in [5, 5.41) is 3.51. The predicted molar refractivity (Wildman–Crippen MR) is 130 cm³/mol. The average molecular weight is 494 g/mol. The van der Waals surface area contributed by atoms with Gasteiger partial charge in [0.25, 0.3) is 0 Å². The van der Waals surface area contributed by atoms with Crippen LogP contribution in [0, 0.1) is 5.92 Å². The fourth-order valence-corrected chi connectivity index (χ4v) is 6.85. The molecule has 6 nitrogen and oxygen atoms in total. The highest BCUT2D eigenvalue weighted by atomic mass is 32.2. The van der Waals surface area contributed by atoms with Crippen LogP contribution in [0.4, 0.5) is 5.13 Å². The van der Waals surface area contributed by atoms with E-state index >= 15 is 0 Å². The number of carbonyl (C=O) groups is 1. The van der Waals surface area contributed by atoms with Gasteiger partial charge in [0, 0.05) is 28.8 Å². The zero-order chi connectivity index (χ0) is 22.0. The lowest BCUT2D eigenvalue weighted by Gasteiger charge is -2.30. The van der Waals surface area contributed by atoms with Gasteiger partial charge in [0.1, 0.15) is 0 Å². The van der Waals surface area contributed by atoms with Crippen LogP contribution in [0.5, 0.6) is 0 Å². The predicted octanol–water partition coefficient (Wildman–Crippen LogP) is 4.78. The number of sulfonamides is 1. The molecular weight excluding hydrogens is 471 g/mol. The molecule has 0 saturated carbocycles. The minimum atomic E-state index is -3.54. The average Bonchev–Trinajstić information content (AvgIpc) is 3.20. The monoisotopic (exact) mass is 493 g/mol. The topological polar surface area (TPSA) is 79.4 Å². The Labute approximate surface area is 194 Å². The number of anilines is 1. The van der Waals surface area contributed by atoms with Crippen LogP contribution >= 0.6 is 34.9 Å². The number of piperidine rings is 1. The zero-order valence-electron chi connectivity index (χ0n) is 17.2. The van der Waals surface area contributed by atoms with Gasteiger partial charge in [-0.25, -0.2) is 13.4 Å². The summed E-state index contributed by atoms with van der Waals surface area (Å²) in [4.78, 5) is 19.7. The van der Waals surface area contributed by atoms with Gasteiger partial charge < -0.3 is 5.32 Å². The van der Waals surface area contributed by atoms with Crippen molar-refractivity contribution >= 4 is 66.1 Å². The summed E-state index contributed by atoms with van der Waals surface area (Å²) in [7, 11) is -3.54. The normalized spacial score (nSPS) is 15.9. The lowest BCUT2D eigenvalue weighted by atomic mass is 9.97. The number of hydrogen-bond donors (Lipinski definition) is 1. The Morgan fingerprint density at radius 3 is 2.35 bits per heavy atom. The van der Waals surface area contributed by atoms with Crippen LogP contribution in [-0.4, -0.2) is 49.2 Å². The van der Waals surface area contributed by atoms with Crippen LogP contribution in [0.25, 0.3) is 10.2 Å². The summed E-state index contributed by atoms with van der Waals surface area (Å²) < 4.78 is 28.3. The van der Waals surface area contributed by atoms with Crippen molar-refractivity contribution in [2.75, 3.05) is 30.9 Å². The minimum absolute atomic E-state index is 0.0921. The maximum Gasteiger partial charge on any atom is 0.243 e. The zero-order valence-corrected chi connectivity index (χ0v) is 20.5. The summed E-state index contributed by atoms with van der Waals surface area (Å²) in [6, 6.07) is 13.0. The van der Waals surface area contributed by atoms with E-state index in [-0.39, 0.29) is 11.8 Å². The third-order valence-electron chi connectivity index (χ3n) is 5.35. The number of nitrogens with one attached hydrogen (secondary N) is 1. The Bertz CT molecular complexity index is 1180. The molecule has 0 aliphatic carbocycles. The van der Waals surface area contributed by atoms with E-state index < -0.39 is 10.0 Å². The van der Waals surface area contributed by atoms with Gasteiger partial charge in [0.05, 0.1) is 15.1 Å². The maximum atomic E-state index is 12.9. The van der Waals surface area contributed by atoms with E-state index in [9.17, 15) is 13.2 Å². The Morgan fingerprint density at radius 2 is 1.71 bits per heavy atom. The molecule has 0 bridgehead atoms. The van der Waals surface area contributed by atoms with Crippen LogP contribution in [0.15, 0.2) is 57.2 Å². The van der Waals surface area contributed by atoms with Gasteiger partial charge in [-0.3, -0.25) is 4.79 Å². The SMILES string of the molecule is CSc1ccc(S(=O)(=O)N2CCC(C(=O)Nc3nc4ccc(SC)cc4s3)CC2)cc1. The van der Waals surface area contributed by atoms with E-state index in [2.05, 4.69) is 16.4 Å². The number of aromatic nitrogens is 1. The molecule has 3 aromatic rings. The maximum absolute atomic E-state index is 12.9. The summed E-state index contributed by atoms with van der Waals surface area (Å²) in [6.07, 6.45) is 4.97. The summed E-state index contributed by atoms with van der Waals surface area (Å²) in [6.45, 7) is 0.670. The molecule has 0 spiro atoms. The lowest BCUT2D eigenvalue weighted by molar-refractivity contribution is -0.120. The van der Waals surface area contributed by atoms with Crippen molar-refractivity contribution in [3.05, 3.63) is 42.5 Å². The molecule has 1 N–H and O–H groups in total. The first-order valence-electron chi connectivity index (χ1n) is 9.80. The van der Waals surface area contributed by atoms with Crippen LogP contribution < -0.4 is 5.32 Å². The van der Waals surface area contributed by atoms with Gasteiger partial charge >= 0.3 is 0 Å². The summed E-state index contributed by atoms with van der Waals surface area (Å²) in [5.74, 6) is -0.315. The largest absolute Gasteiger partial charge is 0.302 e. The fourth-order valence-electron chi connectivity index (χ4n) is 3.55. The van der Waals surface area contributed by atoms with Gasteiger partial charge in [0.15, 0.2) is 5.13 Å². The van der Waals surface area contributed by atoms with Crippen molar-refractivity contribution < 1.29 is 13.2 Å². The van der Waals surface area contributed by atoms with Crippen molar-refractivity contribution in [2.24, 2.45) is 5.92 Å². The second-order valence-corrected chi connectivity index (χ2v) is 11.9. The Kier molecular flexibility index (Phi) is 6.92. The highest BCUT2D eigenvalue weighted by Crippen LogP contribution is 2.31. The highest BCUT2D eigenvalue weighted by molar-refractivity contribution is 7.98. The molecule has 0 radical (unpaired) electrons. The molecule has 2 aromatic carbocycles. The van der Waals surface area contributed by atoms with E-state index in [1.807, 2.05) is 36.8 Å². The van der Waals surface area contributed by atoms with Crippen molar-refractivity contribution in [3.8, 4) is 0 Å². The molecule has 1 aromatic heterocycles. The van der Waals surface area contributed by atoms with Crippen molar-refractivity contribution in [3.63, 3.8) is 0 Å². The first kappa shape index (κ1) is 22.6. The number of amides is 1. The smallest absolute Gasteiger partial charge is 0.243 e. The van der Waals surface area contributed by atoms with Gasteiger partial charge in [-0.05, 0) is 67.8 Å². The van der Waals surface area contributed by atoms with Crippen molar-refractivity contribution in [1.29, 1.82) is 0 Å². The number of benzene rings is 2. The molecule has 1 fully saturated rings. The van der Waals surface area contributed by atoms with Gasteiger partial charge in [0.2, 0.25) is 15.9 Å². The highest BCUT2D eigenvalue weighted by Gasteiger charge is 2.32. The molecule has 31 heavy (non-hydrogen) atoms. The summed E-state index contributed by atoms with van der Waals surface area (Å²) >= 11 is 4.70. The second kappa shape index (κ2) is 9.50. The third kappa shape index (κ3) is 4.93. The molecular formula is C21H23N3O3S4.